The van der Waals surface area contributed by atoms with Gasteiger partial charge in [0.1, 0.15) is 5.75 Å². The highest BCUT2D eigenvalue weighted by Gasteiger charge is 2.18. The molecule has 0 atom stereocenters. The van der Waals surface area contributed by atoms with Crippen molar-refractivity contribution in [2.45, 2.75) is 12.8 Å². The molecule has 32 heavy (non-hydrogen) atoms. The van der Waals surface area contributed by atoms with Gasteiger partial charge in [0.15, 0.2) is 6.61 Å². The molecule has 168 valence electrons. The molecule has 7 nitrogen and oxygen atoms in total. The van der Waals surface area contributed by atoms with Gasteiger partial charge in [-0.15, -0.1) is 13.2 Å². The van der Waals surface area contributed by atoms with Crippen LogP contribution in [0.3, 0.4) is 0 Å². The van der Waals surface area contributed by atoms with Gasteiger partial charge in [-0.05, 0) is 36.2 Å². The van der Waals surface area contributed by atoms with Crippen molar-refractivity contribution in [1.82, 2.24) is 4.90 Å². The molecule has 0 spiro atoms. The summed E-state index contributed by atoms with van der Waals surface area (Å²) in [7, 11) is 1.60. The minimum atomic E-state index is -0.693. The lowest BCUT2D eigenvalue weighted by Crippen LogP contribution is -2.35. The third-order valence-electron chi connectivity index (χ3n) is 4.60. The van der Waals surface area contributed by atoms with E-state index >= 15 is 0 Å². The second-order valence-electron chi connectivity index (χ2n) is 6.89. The van der Waals surface area contributed by atoms with Gasteiger partial charge in [0, 0.05) is 19.5 Å². The van der Waals surface area contributed by atoms with Crippen LogP contribution in [0.5, 0.6) is 5.75 Å². The van der Waals surface area contributed by atoms with Crippen molar-refractivity contribution >= 4 is 23.5 Å². The van der Waals surface area contributed by atoms with E-state index in [0.29, 0.717) is 25.2 Å². The minimum Gasteiger partial charge on any atom is -0.497 e. The van der Waals surface area contributed by atoms with Crippen molar-refractivity contribution in [3.8, 4) is 5.75 Å². The van der Waals surface area contributed by atoms with Gasteiger partial charge in [0.05, 0.1) is 18.4 Å². The Hall–Kier alpha value is -3.87. The monoisotopic (exact) mass is 436 g/mol. The molecule has 0 fully saturated rings. The number of hydrogen-bond donors (Lipinski definition) is 1. The summed E-state index contributed by atoms with van der Waals surface area (Å²) in [4.78, 5) is 38.7. The maximum absolute atomic E-state index is 12.5. The van der Waals surface area contributed by atoms with Gasteiger partial charge in [-0.3, -0.25) is 9.59 Å². The molecule has 1 N–H and O–H groups in total. The zero-order valence-electron chi connectivity index (χ0n) is 18.2. The number of aryl methyl sites for hydroxylation is 1. The zero-order valence-corrected chi connectivity index (χ0v) is 18.2. The number of carbonyl (C=O) groups excluding carboxylic acids is 3. The number of methoxy groups -OCH3 is 1. The molecule has 0 bridgehead atoms. The molecule has 0 aromatic heterocycles. The molecule has 0 aliphatic carbocycles. The van der Waals surface area contributed by atoms with Crippen molar-refractivity contribution < 1.29 is 23.9 Å². The van der Waals surface area contributed by atoms with Crippen LogP contribution in [-0.4, -0.2) is 49.5 Å². The van der Waals surface area contributed by atoms with Crippen LogP contribution < -0.4 is 10.1 Å². The molecule has 0 saturated heterocycles. The zero-order chi connectivity index (χ0) is 23.3. The van der Waals surface area contributed by atoms with Gasteiger partial charge in [-0.1, -0.05) is 36.4 Å². The molecule has 0 aliphatic rings. The van der Waals surface area contributed by atoms with Crippen LogP contribution in [0.25, 0.3) is 0 Å². The maximum atomic E-state index is 12.5. The molecule has 7 heteroatoms. The third-order valence-corrected chi connectivity index (χ3v) is 4.60. The first kappa shape index (κ1) is 24.4. The average Bonchev–Trinajstić information content (AvgIpc) is 2.81. The largest absolute Gasteiger partial charge is 0.497 e. The second kappa shape index (κ2) is 12.7. The standard InChI is InChI=1S/C25H28N2O5/c1-4-16-27(17-5-2)24(29)18-32-25(30)21-8-6-7-9-22(21)26-23(28)15-12-19-10-13-20(31-3)14-11-19/h4-11,13-14H,1-2,12,15-18H2,3H3,(H,26,28). The summed E-state index contributed by atoms with van der Waals surface area (Å²) < 4.78 is 10.3. The summed E-state index contributed by atoms with van der Waals surface area (Å²) in [6.45, 7) is 7.44. The number of para-hydroxylation sites is 1. The lowest BCUT2D eigenvalue weighted by molar-refractivity contribution is -0.133. The smallest absolute Gasteiger partial charge is 0.340 e. The number of benzene rings is 2. The average molecular weight is 437 g/mol. The Labute approximate surface area is 188 Å². The van der Waals surface area contributed by atoms with E-state index < -0.39 is 12.6 Å². The lowest BCUT2D eigenvalue weighted by atomic mass is 10.1. The molecule has 0 radical (unpaired) electrons. The first-order chi connectivity index (χ1) is 15.5. The van der Waals surface area contributed by atoms with E-state index in [-0.39, 0.29) is 23.8 Å². The van der Waals surface area contributed by atoms with E-state index in [4.69, 9.17) is 9.47 Å². The highest BCUT2D eigenvalue weighted by Crippen LogP contribution is 2.18. The van der Waals surface area contributed by atoms with Crippen molar-refractivity contribution in [1.29, 1.82) is 0 Å². The molecule has 0 aliphatic heterocycles. The Balaban J connectivity index is 1.94. The van der Waals surface area contributed by atoms with Gasteiger partial charge >= 0.3 is 5.97 Å². The van der Waals surface area contributed by atoms with Crippen molar-refractivity contribution in [2.24, 2.45) is 0 Å². The number of nitrogens with one attached hydrogen (secondary N) is 1. The minimum absolute atomic E-state index is 0.178. The number of ether oxygens (including phenoxy) is 2. The predicted molar refractivity (Wildman–Crippen MR) is 124 cm³/mol. The Morgan fingerprint density at radius 1 is 1.00 bits per heavy atom. The Bertz CT molecular complexity index is 943. The Morgan fingerprint density at radius 2 is 1.66 bits per heavy atom. The first-order valence-corrected chi connectivity index (χ1v) is 10.2. The van der Waals surface area contributed by atoms with Gasteiger partial charge in [0.2, 0.25) is 5.91 Å². The molecule has 0 unspecified atom stereocenters. The lowest BCUT2D eigenvalue weighted by Gasteiger charge is -2.19. The predicted octanol–water partition coefficient (Wildman–Crippen LogP) is 3.62. The van der Waals surface area contributed by atoms with Gasteiger partial charge in [-0.2, -0.15) is 0 Å². The summed E-state index contributed by atoms with van der Waals surface area (Å²) in [5, 5.41) is 2.75. The number of hydrogen-bond acceptors (Lipinski definition) is 5. The fraction of sp³-hybridized carbons (Fsp3) is 0.240. The van der Waals surface area contributed by atoms with Crippen LogP contribution in [0.1, 0.15) is 22.3 Å². The molecule has 2 aromatic rings. The number of esters is 1. The second-order valence-corrected chi connectivity index (χ2v) is 6.89. The highest BCUT2D eigenvalue weighted by molar-refractivity contribution is 6.01. The molecule has 2 amide bonds. The van der Waals surface area contributed by atoms with E-state index in [1.807, 2.05) is 24.3 Å². The van der Waals surface area contributed by atoms with E-state index in [0.717, 1.165) is 11.3 Å². The van der Waals surface area contributed by atoms with Crippen LogP contribution in [0, 0.1) is 0 Å². The molecule has 2 aromatic carbocycles. The van der Waals surface area contributed by atoms with E-state index in [9.17, 15) is 14.4 Å². The summed E-state index contributed by atoms with van der Waals surface area (Å²) in [6, 6.07) is 14.0. The SMILES string of the molecule is C=CCN(CC=C)C(=O)COC(=O)c1ccccc1NC(=O)CCc1ccc(OC)cc1. The van der Waals surface area contributed by atoms with Crippen LogP contribution in [0.4, 0.5) is 5.69 Å². The van der Waals surface area contributed by atoms with Crippen molar-refractivity contribution in [3.05, 3.63) is 85.0 Å². The van der Waals surface area contributed by atoms with Crippen LogP contribution in [-0.2, 0) is 20.7 Å². The molecular weight excluding hydrogens is 408 g/mol. The maximum Gasteiger partial charge on any atom is 0.340 e. The summed E-state index contributed by atoms with van der Waals surface area (Å²) in [6.07, 6.45) is 3.95. The Kier molecular flexibility index (Phi) is 9.71. The molecule has 2 rings (SSSR count). The van der Waals surface area contributed by atoms with Gasteiger partial charge in [-0.25, -0.2) is 4.79 Å². The summed E-state index contributed by atoms with van der Waals surface area (Å²) in [5.74, 6) is -0.540. The van der Waals surface area contributed by atoms with Gasteiger partial charge < -0.3 is 19.7 Å². The van der Waals surface area contributed by atoms with E-state index in [2.05, 4.69) is 18.5 Å². The van der Waals surface area contributed by atoms with Crippen molar-refractivity contribution in [3.63, 3.8) is 0 Å². The highest BCUT2D eigenvalue weighted by atomic mass is 16.5. The fourth-order valence-electron chi connectivity index (χ4n) is 2.92. The normalized spacial score (nSPS) is 10.0. The summed E-state index contributed by atoms with van der Waals surface area (Å²) >= 11 is 0. The number of carbonyl (C=O) groups is 3. The van der Waals surface area contributed by atoms with Gasteiger partial charge in [0.25, 0.3) is 5.91 Å². The molecule has 0 saturated carbocycles. The number of nitrogens with zero attached hydrogens (tertiary/aromatic N) is 1. The third kappa shape index (κ3) is 7.43. The van der Waals surface area contributed by atoms with E-state index in [1.54, 1.807) is 37.5 Å². The van der Waals surface area contributed by atoms with Crippen LogP contribution in [0.15, 0.2) is 73.8 Å². The first-order valence-electron chi connectivity index (χ1n) is 10.2. The number of amides is 2. The number of rotatable bonds is 12. The molecular formula is C25H28N2O5. The topological polar surface area (TPSA) is 84.9 Å². The number of anilines is 1. The van der Waals surface area contributed by atoms with E-state index in [1.165, 1.54) is 11.0 Å². The fourth-order valence-corrected chi connectivity index (χ4v) is 2.92. The van der Waals surface area contributed by atoms with Crippen molar-refractivity contribution in [2.75, 3.05) is 32.1 Å². The summed E-state index contributed by atoms with van der Waals surface area (Å²) in [5.41, 5.74) is 1.51. The van der Waals surface area contributed by atoms with Crippen LogP contribution >= 0.6 is 0 Å². The molecule has 0 heterocycles. The quantitative estimate of drug-likeness (QED) is 0.406. The Morgan fingerprint density at radius 3 is 2.28 bits per heavy atom. The van der Waals surface area contributed by atoms with Crippen LogP contribution in [0.2, 0.25) is 0 Å².